The molecular formula is C19H16N4O3. The minimum Gasteiger partial charge on any atom is -0.478 e. The maximum absolute atomic E-state index is 12.6. The highest BCUT2D eigenvalue weighted by Gasteiger charge is 2.31. The molecule has 0 saturated heterocycles. The Labute approximate surface area is 149 Å². The number of anilines is 1. The number of aliphatic carboxylic acids is 1. The predicted octanol–water partition coefficient (Wildman–Crippen LogP) is 2.54. The monoisotopic (exact) mass is 348 g/mol. The van der Waals surface area contributed by atoms with E-state index in [1.165, 1.54) is 4.68 Å². The van der Waals surface area contributed by atoms with Crippen molar-refractivity contribution in [3.05, 3.63) is 64.4 Å². The molecule has 1 atom stereocenters. The summed E-state index contributed by atoms with van der Waals surface area (Å²) in [6, 6.07) is 14.6. The smallest absolute Gasteiger partial charge is 0.349 e. The van der Waals surface area contributed by atoms with Crippen LogP contribution in [0.5, 0.6) is 0 Å². The molecule has 0 bridgehead atoms. The van der Waals surface area contributed by atoms with Crippen LogP contribution in [0.15, 0.2) is 53.3 Å². The molecule has 0 aliphatic carbocycles. The van der Waals surface area contributed by atoms with Crippen molar-refractivity contribution in [1.29, 1.82) is 0 Å². The molecule has 1 aliphatic rings. The SMILES string of the molecule is CCc1ccc(-c2nn3c(nc2=O)-c2ccccc2N[C@H]3C(=O)O)cc1. The summed E-state index contributed by atoms with van der Waals surface area (Å²) in [6.07, 6.45) is -0.252. The molecule has 26 heavy (non-hydrogen) atoms. The topological polar surface area (TPSA) is 97.1 Å². The predicted molar refractivity (Wildman–Crippen MR) is 96.8 cm³/mol. The quantitative estimate of drug-likeness (QED) is 0.755. The normalized spacial score (nSPS) is 14.9. The van der Waals surface area contributed by atoms with Crippen LogP contribution in [0.3, 0.4) is 0 Å². The zero-order chi connectivity index (χ0) is 18.3. The summed E-state index contributed by atoms with van der Waals surface area (Å²) >= 11 is 0. The van der Waals surface area contributed by atoms with E-state index in [0.717, 1.165) is 12.0 Å². The van der Waals surface area contributed by atoms with Gasteiger partial charge in [0.05, 0.1) is 0 Å². The van der Waals surface area contributed by atoms with Crippen LogP contribution in [0.2, 0.25) is 0 Å². The van der Waals surface area contributed by atoms with Gasteiger partial charge in [-0.1, -0.05) is 43.3 Å². The third-order valence-corrected chi connectivity index (χ3v) is 4.41. The fourth-order valence-corrected chi connectivity index (χ4v) is 3.02. The van der Waals surface area contributed by atoms with Crippen molar-refractivity contribution in [3.63, 3.8) is 0 Å². The Bertz CT molecular complexity index is 1060. The Hall–Kier alpha value is -3.48. The molecule has 0 fully saturated rings. The highest BCUT2D eigenvalue weighted by atomic mass is 16.4. The van der Waals surface area contributed by atoms with Gasteiger partial charge in [0.1, 0.15) is 0 Å². The Morgan fingerprint density at radius 2 is 1.92 bits per heavy atom. The molecule has 0 spiro atoms. The number of benzene rings is 2. The molecule has 7 nitrogen and oxygen atoms in total. The molecule has 4 rings (SSSR count). The molecule has 0 amide bonds. The van der Waals surface area contributed by atoms with E-state index in [9.17, 15) is 14.7 Å². The average molecular weight is 348 g/mol. The van der Waals surface area contributed by atoms with Crippen molar-refractivity contribution in [1.82, 2.24) is 14.8 Å². The number of rotatable bonds is 3. The maximum Gasteiger partial charge on any atom is 0.349 e. The highest BCUT2D eigenvalue weighted by molar-refractivity contribution is 5.84. The zero-order valence-electron chi connectivity index (χ0n) is 14.0. The van der Waals surface area contributed by atoms with Crippen LogP contribution < -0.4 is 10.9 Å². The second-order valence-electron chi connectivity index (χ2n) is 6.01. The van der Waals surface area contributed by atoms with Crippen molar-refractivity contribution in [3.8, 4) is 22.6 Å². The van der Waals surface area contributed by atoms with E-state index in [-0.39, 0.29) is 11.5 Å². The van der Waals surface area contributed by atoms with Gasteiger partial charge in [0.15, 0.2) is 11.5 Å². The summed E-state index contributed by atoms with van der Waals surface area (Å²) in [5.74, 6) is -0.864. The molecule has 1 aromatic heterocycles. The van der Waals surface area contributed by atoms with Gasteiger partial charge in [-0.3, -0.25) is 4.79 Å². The van der Waals surface area contributed by atoms with E-state index in [4.69, 9.17) is 0 Å². The van der Waals surface area contributed by atoms with E-state index < -0.39 is 17.7 Å². The average Bonchev–Trinajstić information content (AvgIpc) is 2.67. The lowest BCUT2D eigenvalue weighted by Gasteiger charge is -2.27. The number of nitrogens with one attached hydrogen (secondary N) is 1. The minimum atomic E-state index is -1.14. The van der Waals surface area contributed by atoms with Gasteiger partial charge in [0, 0.05) is 16.8 Å². The summed E-state index contributed by atoms with van der Waals surface area (Å²) < 4.78 is 1.26. The Balaban J connectivity index is 1.92. The second kappa shape index (κ2) is 6.11. The Morgan fingerprint density at radius 3 is 2.62 bits per heavy atom. The van der Waals surface area contributed by atoms with Gasteiger partial charge in [-0.2, -0.15) is 10.1 Å². The van der Waals surface area contributed by atoms with Gasteiger partial charge in [0.2, 0.25) is 6.17 Å². The Kier molecular flexibility index (Phi) is 3.76. The van der Waals surface area contributed by atoms with Crippen molar-refractivity contribution in [2.24, 2.45) is 0 Å². The first-order chi connectivity index (χ1) is 12.6. The lowest BCUT2D eigenvalue weighted by Crippen LogP contribution is -2.35. The Morgan fingerprint density at radius 1 is 1.19 bits per heavy atom. The lowest BCUT2D eigenvalue weighted by molar-refractivity contribution is -0.140. The zero-order valence-corrected chi connectivity index (χ0v) is 14.0. The molecule has 1 aliphatic heterocycles. The largest absolute Gasteiger partial charge is 0.478 e. The lowest BCUT2D eigenvalue weighted by atomic mass is 10.1. The van der Waals surface area contributed by atoms with Crippen LogP contribution >= 0.6 is 0 Å². The number of nitrogens with zero attached hydrogens (tertiary/aromatic N) is 3. The number of hydrogen-bond donors (Lipinski definition) is 2. The van der Waals surface area contributed by atoms with Gasteiger partial charge >= 0.3 is 5.97 Å². The van der Waals surface area contributed by atoms with Gasteiger partial charge in [-0.05, 0) is 24.1 Å². The van der Waals surface area contributed by atoms with Crippen molar-refractivity contribution >= 4 is 11.7 Å². The molecule has 2 N–H and O–H groups in total. The van der Waals surface area contributed by atoms with Crippen LogP contribution in [-0.4, -0.2) is 25.8 Å². The molecule has 2 heterocycles. The first-order valence-electron chi connectivity index (χ1n) is 8.27. The first-order valence-corrected chi connectivity index (χ1v) is 8.27. The molecule has 0 saturated carbocycles. The third-order valence-electron chi connectivity index (χ3n) is 4.41. The molecule has 130 valence electrons. The van der Waals surface area contributed by atoms with Gasteiger partial charge < -0.3 is 10.4 Å². The van der Waals surface area contributed by atoms with Gasteiger partial charge in [-0.25, -0.2) is 9.48 Å². The summed E-state index contributed by atoms with van der Waals surface area (Å²) in [5.41, 5.74) is 2.64. The second-order valence-corrected chi connectivity index (χ2v) is 6.01. The van der Waals surface area contributed by atoms with E-state index >= 15 is 0 Å². The van der Waals surface area contributed by atoms with Crippen LogP contribution in [-0.2, 0) is 11.2 Å². The van der Waals surface area contributed by atoms with E-state index in [1.807, 2.05) is 19.1 Å². The molecule has 0 radical (unpaired) electrons. The molecule has 2 aromatic carbocycles. The summed E-state index contributed by atoms with van der Waals surface area (Å²) in [7, 11) is 0. The summed E-state index contributed by atoms with van der Waals surface area (Å²) in [5, 5.41) is 16.8. The van der Waals surface area contributed by atoms with Crippen LogP contribution in [0.25, 0.3) is 22.6 Å². The molecular weight excluding hydrogens is 332 g/mol. The number of carboxylic acid groups (broad SMARTS) is 1. The van der Waals surface area contributed by atoms with Crippen LogP contribution in [0.1, 0.15) is 18.7 Å². The number of hydrogen-bond acceptors (Lipinski definition) is 5. The first kappa shape index (κ1) is 16.0. The van der Waals surface area contributed by atoms with E-state index in [0.29, 0.717) is 16.8 Å². The fraction of sp³-hybridized carbons (Fsp3) is 0.158. The third kappa shape index (κ3) is 2.54. The van der Waals surface area contributed by atoms with Gasteiger partial charge in [0.25, 0.3) is 5.56 Å². The van der Waals surface area contributed by atoms with E-state index in [1.54, 1.807) is 36.4 Å². The summed E-state index contributed by atoms with van der Waals surface area (Å²) in [4.78, 5) is 28.4. The molecule has 0 unspecified atom stereocenters. The standard InChI is InChI=1S/C19H16N4O3/c1-2-11-7-9-12(10-8-11)15-18(24)21-16-13-5-3-4-6-14(13)20-17(19(25)26)23(16)22-15/h3-10,17,20H,2H2,1H3,(H,25,26)/t17-/m1/s1. The van der Waals surface area contributed by atoms with E-state index in [2.05, 4.69) is 15.4 Å². The number of fused-ring (bicyclic) bond motifs is 3. The van der Waals surface area contributed by atoms with Crippen molar-refractivity contribution < 1.29 is 9.90 Å². The number of aromatic nitrogens is 3. The van der Waals surface area contributed by atoms with Crippen LogP contribution in [0.4, 0.5) is 5.69 Å². The number of aryl methyl sites for hydroxylation is 1. The maximum atomic E-state index is 12.6. The fourth-order valence-electron chi connectivity index (χ4n) is 3.02. The summed E-state index contributed by atoms with van der Waals surface area (Å²) in [6.45, 7) is 2.04. The van der Waals surface area contributed by atoms with Crippen LogP contribution in [0, 0.1) is 0 Å². The molecule has 3 aromatic rings. The minimum absolute atomic E-state index is 0.129. The molecule has 7 heteroatoms. The van der Waals surface area contributed by atoms with Crippen molar-refractivity contribution in [2.45, 2.75) is 19.5 Å². The van der Waals surface area contributed by atoms with Crippen molar-refractivity contribution in [2.75, 3.05) is 5.32 Å². The highest BCUT2D eigenvalue weighted by Crippen LogP contribution is 2.33. The number of carboxylic acids is 1. The number of carbonyl (C=O) groups is 1. The number of para-hydroxylation sites is 1. The van der Waals surface area contributed by atoms with Gasteiger partial charge in [-0.15, -0.1) is 0 Å².